The zero-order valence-corrected chi connectivity index (χ0v) is 11.5. The molecular formula is C15H20N2O2. The largest absolute Gasteiger partial charge is 0.342 e. The highest BCUT2D eigenvalue weighted by molar-refractivity contribution is 5.93. The van der Waals surface area contributed by atoms with Gasteiger partial charge in [0, 0.05) is 19.5 Å². The zero-order valence-electron chi connectivity index (χ0n) is 11.5. The molecule has 1 unspecified atom stereocenters. The zero-order chi connectivity index (χ0) is 13.9. The van der Waals surface area contributed by atoms with E-state index >= 15 is 0 Å². The van der Waals surface area contributed by atoms with Crippen LogP contribution in [0.2, 0.25) is 0 Å². The summed E-state index contributed by atoms with van der Waals surface area (Å²) < 4.78 is 0. The highest BCUT2D eigenvalue weighted by atomic mass is 16.2. The SMILES string of the molecule is CCC1(C)NC(=O)CCN(Cc2ccccc2)C1=O. The number of rotatable bonds is 3. The minimum Gasteiger partial charge on any atom is -0.342 e. The van der Waals surface area contributed by atoms with E-state index in [1.807, 2.05) is 37.3 Å². The molecule has 1 aliphatic heterocycles. The summed E-state index contributed by atoms with van der Waals surface area (Å²) in [5.74, 6) is -0.0436. The number of carbonyl (C=O) groups is 2. The van der Waals surface area contributed by atoms with Gasteiger partial charge in [-0.3, -0.25) is 9.59 Å². The van der Waals surface area contributed by atoms with E-state index < -0.39 is 5.54 Å². The molecule has 0 aliphatic carbocycles. The Bertz CT molecular complexity index is 472. The molecule has 1 fully saturated rings. The molecule has 1 aliphatic rings. The quantitative estimate of drug-likeness (QED) is 0.899. The van der Waals surface area contributed by atoms with Crippen LogP contribution in [0.4, 0.5) is 0 Å². The summed E-state index contributed by atoms with van der Waals surface area (Å²) in [7, 11) is 0. The van der Waals surface area contributed by atoms with Crippen molar-refractivity contribution in [3.63, 3.8) is 0 Å². The van der Waals surface area contributed by atoms with Crippen molar-refractivity contribution >= 4 is 11.8 Å². The molecular weight excluding hydrogens is 240 g/mol. The van der Waals surface area contributed by atoms with Crippen LogP contribution in [0.15, 0.2) is 30.3 Å². The summed E-state index contributed by atoms with van der Waals surface area (Å²) in [5.41, 5.74) is 0.311. The number of nitrogens with zero attached hydrogens (tertiary/aromatic N) is 1. The normalized spacial score (nSPS) is 24.0. The van der Waals surface area contributed by atoms with Gasteiger partial charge in [0.05, 0.1) is 0 Å². The average molecular weight is 260 g/mol. The lowest BCUT2D eigenvalue weighted by Gasteiger charge is -2.31. The highest BCUT2D eigenvalue weighted by Crippen LogP contribution is 2.19. The minimum atomic E-state index is -0.775. The fourth-order valence-electron chi connectivity index (χ4n) is 2.30. The van der Waals surface area contributed by atoms with E-state index in [1.165, 1.54) is 0 Å². The van der Waals surface area contributed by atoms with E-state index in [0.29, 0.717) is 25.9 Å². The number of hydrogen-bond acceptors (Lipinski definition) is 2. The van der Waals surface area contributed by atoms with Gasteiger partial charge in [-0.15, -0.1) is 0 Å². The van der Waals surface area contributed by atoms with Crippen LogP contribution < -0.4 is 5.32 Å². The standard InChI is InChI=1S/C15H20N2O2/c1-3-15(2)14(19)17(10-9-13(18)16-15)11-12-7-5-4-6-8-12/h4-8H,3,9-11H2,1-2H3,(H,16,18). The first-order valence-electron chi connectivity index (χ1n) is 6.69. The van der Waals surface area contributed by atoms with Gasteiger partial charge < -0.3 is 10.2 Å². The van der Waals surface area contributed by atoms with Crippen molar-refractivity contribution in [1.82, 2.24) is 10.2 Å². The molecule has 0 spiro atoms. The first-order valence-corrected chi connectivity index (χ1v) is 6.69. The number of nitrogens with one attached hydrogen (secondary N) is 1. The summed E-state index contributed by atoms with van der Waals surface area (Å²) in [6.45, 7) is 4.76. The van der Waals surface area contributed by atoms with E-state index in [4.69, 9.17) is 0 Å². The molecule has 1 aromatic rings. The lowest BCUT2D eigenvalue weighted by atomic mass is 9.97. The van der Waals surface area contributed by atoms with Crippen LogP contribution in [0.25, 0.3) is 0 Å². The van der Waals surface area contributed by atoms with Gasteiger partial charge in [-0.1, -0.05) is 37.3 Å². The van der Waals surface area contributed by atoms with E-state index in [2.05, 4.69) is 5.32 Å². The van der Waals surface area contributed by atoms with Crippen LogP contribution in [0.1, 0.15) is 32.3 Å². The first kappa shape index (κ1) is 13.6. The molecule has 1 atom stereocenters. The van der Waals surface area contributed by atoms with E-state index in [0.717, 1.165) is 5.56 Å². The fourth-order valence-corrected chi connectivity index (χ4v) is 2.30. The molecule has 4 heteroatoms. The maximum absolute atomic E-state index is 12.6. The number of carbonyl (C=O) groups excluding carboxylic acids is 2. The van der Waals surface area contributed by atoms with Crippen LogP contribution >= 0.6 is 0 Å². The van der Waals surface area contributed by atoms with Gasteiger partial charge in [-0.25, -0.2) is 0 Å². The molecule has 1 N–H and O–H groups in total. The molecule has 0 radical (unpaired) electrons. The van der Waals surface area contributed by atoms with Gasteiger partial charge in [0.25, 0.3) is 0 Å². The van der Waals surface area contributed by atoms with E-state index in [1.54, 1.807) is 11.8 Å². The molecule has 0 bridgehead atoms. The van der Waals surface area contributed by atoms with Gasteiger partial charge in [0.15, 0.2) is 0 Å². The summed E-state index contributed by atoms with van der Waals surface area (Å²) >= 11 is 0. The molecule has 19 heavy (non-hydrogen) atoms. The van der Waals surface area contributed by atoms with Crippen molar-refractivity contribution in [2.45, 2.75) is 38.8 Å². The molecule has 0 saturated carbocycles. The van der Waals surface area contributed by atoms with Crippen molar-refractivity contribution < 1.29 is 9.59 Å². The number of amides is 2. The molecule has 4 nitrogen and oxygen atoms in total. The lowest BCUT2D eigenvalue weighted by Crippen LogP contribution is -2.54. The van der Waals surface area contributed by atoms with Crippen LogP contribution in [0.3, 0.4) is 0 Å². The fraction of sp³-hybridized carbons (Fsp3) is 0.467. The highest BCUT2D eigenvalue weighted by Gasteiger charge is 2.38. The van der Waals surface area contributed by atoms with Crippen LogP contribution in [-0.4, -0.2) is 28.8 Å². The Morgan fingerprint density at radius 2 is 1.95 bits per heavy atom. The van der Waals surface area contributed by atoms with Crippen molar-refractivity contribution in [2.24, 2.45) is 0 Å². The molecule has 102 valence electrons. The first-order chi connectivity index (χ1) is 9.05. The van der Waals surface area contributed by atoms with Crippen molar-refractivity contribution in [3.05, 3.63) is 35.9 Å². The minimum absolute atomic E-state index is 0.00435. The van der Waals surface area contributed by atoms with Crippen molar-refractivity contribution in [2.75, 3.05) is 6.54 Å². The Morgan fingerprint density at radius 3 is 2.58 bits per heavy atom. The Morgan fingerprint density at radius 1 is 1.26 bits per heavy atom. The smallest absolute Gasteiger partial charge is 0.248 e. The second-order valence-electron chi connectivity index (χ2n) is 5.20. The van der Waals surface area contributed by atoms with Gasteiger partial charge >= 0.3 is 0 Å². The third kappa shape index (κ3) is 2.95. The average Bonchev–Trinajstić information content (AvgIpc) is 2.52. The molecule has 2 rings (SSSR count). The van der Waals surface area contributed by atoms with E-state index in [-0.39, 0.29) is 11.8 Å². The summed E-state index contributed by atoms with van der Waals surface area (Å²) in [4.78, 5) is 26.0. The monoisotopic (exact) mass is 260 g/mol. The Labute approximate surface area is 113 Å². The lowest BCUT2D eigenvalue weighted by molar-refractivity contribution is -0.138. The third-order valence-corrected chi connectivity index (χ3v) is 3.71. The maximum Gasteiger partial charge on any atom is 0.248 e. The van der Waals surface area contributed by atoms with Gasteiger partial charge in [-0.2, -0.15) is 0 Å². The molecule has 1 saturated heterocycles. The predicted octanol–water partition coefficient (Wildman–Crippen LogP) is 1.70. The van der Waals surface area contributed by atoms with Crippen LogP contribution in [0, 0.1) is 0 Å². The third-order valence-electron chi connectivity index (χ3n) is 3.71. The molecule has 0 aromatic heterocycles. The van der Waals surface area contributed by atoms with Gasteiger partial charge in [0.1, 0.15) is 5.54 Å². The maximum atomic E-state index is 12.6. The van der Waals surface area contributed by atoms with Crippen LogP contribution in [0.5, 0.6) is 0 Å². The second-order valence-corrected chi connectivity index (χ2v) is 5.20. The van der Waals surface area contributed by atoms with Gasteiger partial charge in [0.2, 0.25) is 11.8 Å². The Balaban J connectivity index is 2.20. The van der Waals surface area contributed by atoms with Gasteiger partial charge in [-0.05, 0) is 18.9 Å². The summed E-state index contributed by atoms with van der Waals surface area (Å²) in [6, 6.07) is 9.86. The topological polar surface area (TPSA) is 49.4 Å². The van der Waals surface area contributed by atoms with E-state index in [9.17, 15) is 9.59 Å². The Hall–Kier alpha value is -1.84. The number of hydrogen-bond donors (Lipinski definition) is 1. The Kier molecular flexibility index (Phi) is 3.88. The summed E-state index contributed by atoms with van der Waals surface area (Å²) in [6.07, 6.45) is 0.969. The van der Waals surface area contributed by atoms with Crippen molar-refractivity contribution in [3.8, 4) is 0 Å². The predicted molar refractivity (Wildman–Crippen MR) is 73.3 cm³/mol. The summed E-state index contributed by atoms with van der Waals surface area (Å²) in [5, 5.41) is 2.84. The van der Waals surface area contributed by atoms with Crippen molar-refractivity contribution in [1.29, 1.82) is 0 Å². The number of benzene rings is 1. The molecule has 2 amide bonds. The molecule has 1 aromatic carbocycles. The molecule has 1 heterocycles. The van der Waals surface area contributed by atoms with Crippen LogP contribution in [-0.2, 0) is 16.1 Å². The second kappa shape index (κ2) is 5.43.